The minimum atomic E-state index is -0.580. The summed E-state index contributed by atoms with van der Waals surface area (Å²) in [7, 11) is 0. The first kappa shape index (κ1) is 19.2. The Hall–Kier alpha value is -3.08. The molecule has 4 aromatic rings. The van der Waals surface area contributed by atoms with Crippen molar-refractivity contribution in [3.05, 3.63) is 73.6 Å². The molecule has 3 heterocycles. The van der Waals surface area contributed by atoms with Gasteiger partial charge in [-0.25, -0.2) is 4.98 Å². The van der Waals surface area contributed by atoms with E-state index in [0.29, 0.717) is 16.6 Å². The molecule has 0 saturated carbocycles. The van der Waals surface area contributed by atoms with Crippen LogP contribution in [0, 0.1) is 17.0 Å². The number of amides is 1. The van der Waals surface area contributed by atoms with Gasteiger partial charge in [-0.3, -0.25) is 14.9 Å². The second kappa shape index (κ2) is 7.74. The van der Waals surface area contributed by atoms with E-state index in [1.54, 1.807) is 24.3 Å². The molecule has 8 nitrogen and oxygen atoms in total. The zero-order valence-electron chi connectivity index (χ0n) is 14.8. The maximum absolute atomic E-state index is 12.7. The highest BCUT2D eigenvalue weighted by Gasteiger charge is 2.19. The van der Waals surface area contributed by atoms with Gasteiger partial charge in [0.2, 0.25) is 5.13 Å². The number of nitrogens with zero attached hydrogens (tertiary/aromatic N) is 4. The number of hydrogen-bond acceptors (Lipinski definition) is 7. The molecular formula is C18H12ClN5O3S2. The average molecular weight is 446 g/mol. The number of non-ortho nitro benzene ring substituents is 1. The molecular weight excluding hydrogens is 434 g/mol. The van der Waals surface area contributed by atoms with Gasteiger partial charge in [-0.2, -0.15) is 9.78 Å². The second-order valence-corrected chi connectivity index (χ2v) is 8.14. The third kappa shape index (κ3) is 3.90. The first-order chi connectivity index (χ1) is 13.9. The van der Waals surface area contributed by atoms with Gasteiger partial charge in [-0.05, 0) is 24.4 Å². The molecule has 1 aromatic carbocycles. The van der Waals surface area contributed by atoms with Gasteiger partial charge in [0, 0.05) is 23.6 Å². The molecule has 3 aromatic heterocycles. The van der Waals surface area contributed by atoms with Gasteiger partial charge in [0.05, 0.1) is 31.8 Å². The van der Waals surface area contributed by atoms with Crippen molar-refractivity contribution < 1.29 is 9.72 Å². The lowest BCUT2D eigenvalue weighted by molar-refractivity contribution is -0.384. The molecule has 11 heteroatoms. The number of anilines is 1. The van der Waals surface area contributed by atoms with E-state index in [1.165, 1.54) is 28.2 Å². The molecule has 0 aliphatic heterocycles. The van der Waals surface area contributed by atoms with Crippen LogP contribution in [0.15, 0.2) is 47.2 Å². The minimum Gasteiger partial charge on any atom is -0.306 e. The third-order valence-corrected chi connectivity index (χ3v) is 5.96. The summed E-state index contributed by atoms with van der Waals surface area (Å²) in [5.41, 5.74) is 1.29. The molecule has 0 fully saturated rings. The number of carbonyl (C=O) groups excluding carboxylic acids is 1. The number of nitro groups is 1. The summed E-state index contributed by atoms with van der Waals surface area (Å²) >= 11 is 9.04. The Morgan fingerprint density at radius 3 is 2.83 bits per heavy atom. The summed E-state index contributed by atoms with van der Waals surface area (Å²) in [4.78, 5) is 28.8. The summed E-state index contributed by atoms with van der Waals surface area (Å²) < 4.78 is 1.53. The van der Waals surface area contributed by atoms with Crippen molar-refractivity contribution in [1.29, 1.82) is 0 Å². The summed E-state index contributed by atoms with van der Waals surface area (Å²) in [6.45, 7) is 1.79. The maximum atomic E-state index is 12.7. The van der Waals surface area contributed by atoms with Crippen LogP contribution >= 0.6 is 34.3 Å². The number of aryl methyl sites for hydroxylation is 1. The normalized spacial score (nSPS) is 10.8. The van der Waals surface area contributed by atoms with E-state index in [0.717, 1.165) is 16.6 Å². The molecule has 0 aliphatic carbocycles. The topological polar surface area (TPSA) is 103 Å². The SMILES string of the molecule is Cc1cc(NC(=O)c2cc([N+](=O)[O-])ccc2Cl)n(-c2nc(-c3cccs3)cs2)n1. The van der Waals surface area contributed by atoms with Crippen LogP contribution in [0.5, 0.6) is 0 Å². The zero-order valence-corrected chi connectivity index (χ0v) is 17.2. The highest BCUT2D eigenvalue weighted by molar-refractivity contribution is 7.15. The summed E-state index contributed by atoms with van der Waals surface area (Å²) in [5, 5.41) is 22.7. The molecule has 0 aliphatic rings. The number of rotatable bonds is 5. The summed E-state index contributed by atoms with van der Waals surface area (Å²) in [5.74, 6) is -0.183. The van der Waals surface area contributed by atoms with Crippen molar-refractivity contribution in [2.24, 2.45) is 0 Å². The number of nitrogens with one attached hydrogen (secondary N) is 1. The number of thiophene rings is 1. The van der Waals surface area contributed by atoms with Crippen molar-refractivity contribution >= 4 is 51.7 Å². The Morgan fingerprint density at radius 2 is 2.10 bits per heavy atom. The largest absolute Gasteiger partial charge is 0.306 e. The Labute approximate surface area is 177 Å². The van der Waals surface area contributed by atoms with Crippen LogP contribution in [0.2, 0.25) is 5.02 Å². The van der Waals surface area contributed by atoms with Crippen molar-refractivity contribution in [1.82, 2.24) is 14.8 Å². The molecule has 0 radical (unpaired) electrons. The predicted molar refractivity (Wildman–Crippen MR) is 113 cm³/mol. The number of carbonyl (C=O) groups is 1. The summed E-state index contributed by atoms with van der Waals surface area (Å²) in [6, 6.07) is 9.33. The number of aromatic nitrogens is 3. The van der Waals surface area contributed by atoms with E-state index in [1.807, 2.05) is 22.9 Å². The number of halogens is 1. The number of thiazole rings is 1. The Kier molecular flexibility index (Phi) is 5.14. The first-order valence-electron chi connectivity index (χ1n) is 8.24. The standard InChI is InChI=1S/C18H12ClN5O3S2/c1-10-7-16(21-17(25)12-8-11(24(26)27)4-5-13(12)19)23(22-10)18-20-14(9-29-18)15-3-2-6-28-15/h2-9H,1H3,(H,21,25). The monoisotopic (exact) mass is 445 g/mol. The maximum Gasteiger partial charge on any atom is 0.270 e. The van der Waals surface area contributed by atoms with Crippen LogP contribution in [0.4, 0.5) is 11.5 Å². The van der Waals surface area contributed by atoms with Crippen LogP contribution in [-0.4, -0.2) is 25.6 Å². The van der Waals surface area contributed by atoms with E-state index in [9.17, 15) is 14.9 Å². The lowest BCUT2D eigenvalue weighted by atomic mass is 10.2. The fourth-order valence-electron chi connectivity index (χ4n) is 2.62. The van der Waals surface area contributed by atoms with E-state index in [4.69, 9.17) is 11.6 Å². The van der Waals surface area contributed by atoms with Gasteiger partial charge >= 0.3 is 0 Å². The molecule has 0 bridgehead atoms. The average Bonchev–Trinajstić information content (AvgIpc) is 3.42. The molecule has 0 atom stereocenters. The van der Waals surface area contributed by atoms with E-state index >= 15 is 0 Å². The van der Waals surface area contributed by atoms with Gasteiger partial charge < -0.3 is 5.32 Å². The highest BCUT2D eigenvalue weighted by atomic mass is 35.5. The van der Waals surface area contributed by atoms with E-state index in [-0.39, 0.29) is 16.3 Å². The van der Waals surface area contributed by atoms with Crippen LogP contribution < -0.4 is 5.32 Å². The van der Waals surface area contributed by atoms with Crippen LogP contribution in [0.25, 0.3) is 15.7 Å². The molecule has 0 unspecified atom stereocenters. The quantitative estimate of drug-likeness (QED) is 0.336. The van der Waals surface area contributed by atoms with Crippen LogP contribution in [0.3, 0.4) is 0 Å². The molecule has 29 heavy (non-hydrogen) atoms. The predicted octanol–water partition coefficient (Wildman–Crippen LogP) is 5.18. The van der Waals surface area contributed by atoms with Crippen molar-refractivity contribution in [3.63, 3.8) is 0 Å². The lowest BCUT2D eigenvalue weighted by Gasteiger charge is -2.08. The van der Waals surface area contributed by atoms with E-state index in [2.05, 4.69) is 15.4 Å². The fraction of sp³-hybridized carbons (Fsp3) is 0.0556. The van der Waals surface area contributed by atoms with Crippen molar-refractivity contribution in [3.8, 4) is 15.7 Å². The van der Waals surface area contributed by atoms with Crippen molar-refractivity contribution in [2.45, 2.75) is 6.92 Å². The zero-order chi connectivity index (χ0) is 20.5. The van der Waals surface area contributed by atoms with Gasteiger partial charge in [0.25, 0.3) is 11.6 Å². The summed E-state index contributed by atoms with van der Waals surface area (Å²) in [6.07, 6.45) is 0. The molecule has 1 amide bonds. The number of nitro benzene ring substituents is 1. The van der Waals surface area contributed by atoms with Gasteiger partial charge in [-0.15, -0.1) is 22.7 Å². The Morgan fingerprint density at radius 1 is 1.28 bits per heavy atom. The van der Waals surface area contributed by atoms with Gasteiger partial charge in [0.15, 0.2) is 0 Å². The fourth-order valence-corrected chi connectivity index (χ4v) is 4.37. The smallest absolute Gasteiger partial charge is 0.270 e. The van der Waals surface area contributed by atoms with Crippen LogP contribution in [0.1, 0.15) is 16.1 Å². The molecule has 0 spiro atoms. The third-order valence-electron chi connectivity index (χ3n) is 3.93. The van der Waals surface area contributed by atoms with Gasteiger partial charge in [-0.1, -0.05) is 17.7 Å². The number of hydrogen-bond donors (Lipinski definition) is 1. The first-order valence-corrected chi connectivity index (χ1v) is 10.4. The highest BCUT2D eigenvalue weighted by Crippen LogP contribution is 2.29. The van der Waals surface area contributed by atoms with Gasteiger partial charge in [0.1, 0.15) is 5.82 Å². The van der Waals surface area contributed by atoms with Crippen LogP contribution in [-0.2, 0) is 0 Å². The molecule has 146 valence electrons. The Bertz CT molecular complexity index is 1220. The lowest BCUT2D eigenvalue weighted by Crippen LogP contribution is -2.15. The Balaban J connectivity index is 1.65. The van der Waals surface area contributed by atoms with Crippen molar-refractivity contribution in [2.75, 3.05) is 5.32 Å². The molecule has 4 rings (SSSR count). The molecule has 0 saturated heterocycles. The second-order valence-electron chi connectivity index (χ2n) is 5.95. The minimum absolute atomic E-state index is 0.00434. The van der Waals surface area contributed by atoms with E-state index < -0.39 is 10.8 Å². The number of benzene rings is 1. The molecule has 1 N–H and O–H groups in total.